The predicted octanol–water partition coefficient (Wildman–Crippen LogP) is 2.01. The number of allylic oxidation sites excluding steroid dienone is 1. The molecule has 0 saturated heterocycles. The standard InChI is InChI=1S/C8H14N2/c1-4-7-10(6-3)8(9)5-2/h4-5,7,9H,2,6H2,1,3H3/b7-4-,9-8?. The topological polar surface area (TPSA) is 27.1 Å². The molecule has 0 fully saturated rings. The van der Waals surface area contributed by atoms with Crippen molar-refractivity contribution in [2.45, 2.75) is 13.8 Å². The second-order valence-electron chi connectivity index (χ2n) is 1.86. The zero-order chi connectivity index (χ0) is 7.98. The number of nitrogens with one attached hydrogen (secondary N) is 1. The van der Waals surface area contributed by atoms with Crippen LogP contribution < -0.4 is 0 Å². The van der Waals surface area contributed by atoms with Gasteiger partial charge in [-0.2, -0.15) is 0 Å². The monoisotopic (exact) mass is 138 g/mol. The van der Waals surface area contributed by atoms with Crippen LogP contribution in [0.25, 0.3) is 0 Å². The van der Waals surface area contributed by atoms with Gasteiger partial charge in [-0.3, -0.25) is 5.41 Å². The summed E-state index contributed by atoms with van der Waals surface area (Å²) in [6.07, 6.45) is 5.30. The fourth-order valence-corrected chi connectivity index (χ4v) is 0.653. The van der Waals surface area contributed by atoms with Gasteiger partial charge >= 0.3 is 0 Å². The van der Waals surface area contributed by atoms with E-state index >= 15 is 0 Å². The fraction of sp³-hybridized carbons (Fsp3) is 0.375. The van der Waals surface area contributed by atoms with E-state index < -0.39 is 0 Å². The summed E-state index contributed by atoms with van der Waals surface area (Å²) in [6, 6.07) is 0. The molecule has 0 heterocycles. The first kappa shape index (κ1) is 8.95. The summed E-state index contributed by atoms with van der Waals surface area (Å²) in [7, 11) is 0. The first-order valence-electron chi connectivity index (χ1n) is 3.36. The van der Waals surface area contributed by atoms with Gasteiger partial charge in [0.05, 0.1) is 0 Å². The summed E-state index contributed by atoms with van der Waals surface area (Å²) in [5.74, 6) is 0.445. The van der Waals surface area contributed by atoms with E-state index in [2.05, 4.69) is 6.58 Å². The molecule has 56 valence electrons. The van der Waals surface area contributed by atoms with Gasteiger partial charge in [0, 0.05) is 12.7 Å². The lowest BCUT2D eigenvalue weighted by Gasteiger charge is -2.15. The maximum atomic E-state index is 7.35. The molecule has 0 radical (unpaired) electrons. The Balaban J connectivity index is 4.05. The first-order chi connectivity index (χ1) is 4.76. The quantitative estimate of drug-likeness (QED) is 0.468. The van der Waals surface area contributed by atoms with Gasteiger partial charge in [0.15, 0.2) is 0 Å². The minimum Gasteiger partial charge on any atom is -0.334 e. The Morgan fingerprint density at radius 3 is 2.60 bits per heavy atom. The van der Waals surface area contributed by atoms with Gasteiger partial charge in [0.25, 0.3) is 0 Å². The number of rotatable bonds is 3. The number of amidine groups is 1. The molecule has 0 atom stereocenters. The van der Waals surface area contributed by atoms with E-state index in [4.69, 9.17) is 5.41 Å². The van der Waals surface area contributed by atoms with Gasteiger partial charge in [-0.1, -0.05) is 12.7 Å². The van der Waals surface area contributed by atoms with Crippen molar-refractivity contribution >= 4 is 5.84 Å². The molecule has 0 spiro atoms. The lowest BCUT2D eigenvalue weighted by molar-refractivity contribution is 0.588. The Morgan fingerprint density at radius 2 is 2.30 bits per heavy atom. The fourth-order valence-electron chi connectivity index (χ4n) is 0.653. The van der Waals surface area contributed by atoms with Crippen LogP contribution in [0.3, 0.4) is 0 Å². The molecule has 0 saturated carbocycles. The van der Waals surface area contributed by atoms with Crippen LogP contribution in [0.1, 0.15) is 13.8 Å². The predicted molar refractivity (Wildman–Crippen MR) is 45.1 cm³/mol. The summed E-state index contributed by atoms with van der Waals surface area (Å²) < 4.78 is 0. The molecule has 2 nitrogen and oxygen atoms in total. The third kappa shape index (κ3) is 2.49. The molecule has 0 unspecified atom stereocenters. The van der Waals surface area contributed by atoms with E-state index in [9.17, 15) is 0 Å². The average Bonchev–Trinajstić information content (AvgIpc) is 1.99. The highest BCUT2D eigenvalue weighted by Gasteiger charge is 1.96. The van der Waals surface area contributed by atoms with E-state index in [1.165, 1.54) is 6.08 Å². The summed E-state index contributed by atoms with van der Waals surface area (Å²) in [5, 5.41) is 7.35. The van der Waals surface area contributed by atoms with E-state index in [1.807, 2.05) is 31.0 Å². The molecule has 1 N–H and O–H groups in total. The van der Waals surface area contributed by atoms with Crippen molar-refractivity contribution in [1.82, 2.24) is 4.90 Å². The molecule has 0 aliphatic carbocycles. The van der Waals surface area contributed by atoms with Crippen molar-refractivity contribution in [3.05, 3.63) is 24.9 Å². The number of hydrogen-bond acceptors (Lipinski definition) is 1. The average molecular weight is 138 g/mol. The minimum absolute atomic E-state index is 0.445. The lowest BCUT2D eigenvalue weighted by Crippen LogP contribution is -2.22. The maximum Gasteiger partial charge on any atom is 0.124 e. The number of likely N-dealkylation sites (N-methyl/N-ethyl adjacent to an activating group) is 1. The number of nitrogens with zero attached hydrogens (tertiary/aromatic N) is 1. The van der Waals surface area contributed by atoms with Crippen molar-refractivity contribution in [2.75, 3.05) is 6.54 Å². The lowest BCUT2D eigenvalue weighted by atomic mass is 10.4. The molecule has 0 aliphatic rings. The Bertz CT molecular complexity index is 147. The molecule has 0 aromatic heterocycles. The molecule has 0 amide bonds. The van der Waals surface area contributed by atoms with Crippen LogP contribution in [0, 0.1) is 5.41 Å². The van der Waals surface area contributed by atoms with Crippen LogP contribution in [0.15, 0.2) is 24.9 Å². The van der Waals surface area contributed by atoms with Crippen molar-refractivity contribution < 1.29 is 0 Å². The van der Waals surface area contributed by atoms with Crippen LogP contribution in [0.2, 0.25) is 0 Å². The van der Waals surface area contributed by atoms with Gasteiger partial charge in [-0.15, -0.1) is 0 Å². The van der Waals surface area contributed by atoms with E-state index in [1.54, 1.807) is 0 Å². The Hall–Kier alpha value is -1.05. The van der Waals surface area contributed by atoms with Crippen molar-refractivity contribution in [1.29, 1.82) is 5.41 Å². The summed E-state index contributed by atoms with van der Waals surface area (Å²) in [5.41, 5.74) is 0. The summed E-state index contributed by atoms with van der Waals surface area (Å²) >= 11 is 0. The van der Waals surface area contributed by atoms with Crippen LogP contribution in [-0.2, 0) is 0 Å². The van der Waals surface area contributed by atoms with Gasteiger partial charge in [0.2, 0.25) is 0 Å². The van der Waals surface area contributed by atoms with Crippen molar-refractivity contribution in [3.63, 3.8) is 0 Å². The third-order valence-corrected chi connectivity index (χ3v) is 1.17. The Labute approximate surface area is 62.4 Å². The van der Waals surface area contributed by atoms with Crippen LogP contribution >= 0.6 is 0 Å². The normalized spacial score (nSPS) is 9.80. The summed E-state index contributed by atoms with van der Waals surface area (Å²) in [4.78, 5) is 1.81. The van der Waals surface area contributed by atoms with Crippen molar-refractivity contribution in [2.24, 2.45) is 0 Å². The smallest absolute Gasteiger partial charge is 0.124 e. The molecule has 10 heavy (non-hydrogen) atoms. The van der Waals surface area contributed by atoms with Gasteiger partial charge in [-0.05, 0) is 19.9 Å². The van der Waals surface area contributed by atoms with Crippen LogP contribution in [-0.4, -0.2) is 17.3 Å². The molecule has 0 aromatic carbocycles. The summed E-state index contributed by atoms with van der Waals surface area (Å²) in [6.45, 7) is 8.25. The van der Waals surface area contributed by atoms with Crippen LogP contribution in [0.5, 0.6) is 0 Å². The SMILES string of the molecule is C=CC(=N)N(/C=C\C)CC. The highest BCUT2D eigenvalue weighted by atomic mass is 15.1. The highest BCUT2D eigenvalue weighted by Crippen LogP contribution is 1.91. The molecular weight excluding hydrogens is 124 g/mol. The van der Waals surface area contributed by atoms with E-state index in [0.29, 0.717) is 5.84 Å². The molecular formula is C8H14N2. The Morgan fingerprint density at radius 1 is 1.70 bits per heavy atom. The van der Waals surface area contributed by atoms with E-state index in [0.717, 1.165) is 6.54 Å². The second-order valence-corrected chi connectivity index (χ2v) is 1.86. The molecule has 0 bridgehead atoms. The second kappa shape index (κ2) is 4.79. The molecule has 0 rings (SSSR count). The van der Waals surface area contributed by atoms with Gasteiger partial charge in [-0.25, -0.2) is 0 Å². The maximum absolute atomic E-state index is 7.35. The van der Waals surface area contributed by atoms with Gasteiger partial charge < -0.3 is 4.90 Å². The molecule has 0 aromatic rings. The van der Waals surface area contributed by atoms with Gasteiger partial charge in [0.1, 0.15) is 5.84 Å². The molecule has 0 aliphatic heterocycles. The highest BCUT2D eigenvalue weighted by molar-refractivity contribution is 5.90. The van der Waals surface area contributed by atoms with Crippen molar-refractivity contribution in [3.8, 4) is 0 Å². The Kier molecular flexibility index (Phi) is 4.29. The zero-order valence-corrected chi connectivity index (χ0v) is 6.59. The first-order valence-corrected chi connectivity index (χ1v) is 3.36. The zero-order valence-electron chi connectivity index (χ0n) is 6.59. The largest absolute Gasteiger partial charge is 0.334 e. The van der Waals surface area contributed by atoms with E-state index in [-0.39, 0.29) is 0 Å². The third-order valence-electron chi connectivity index (χ3n) is 1.17. The molecule has 2 heteroatoms. The van der Waals surface area contributed by atoms with Crippen LogP contribution in [0.4, 0.5) is 0 Å². The minimum atomic E-state index is 0.445. The number of hydrogen-bond donors (Lipinski definition) is 1.